The van der Waals surface area contributed by atoms with Crippen LogP contribution in [-0.2, 0) is 27.4 Å². The second-order valence-corrected chi connectivity index (χ2v) is 5.17. The minimum atomic E-state index is -1.14. The molecule has 0 unspecified atom stereocenters. The van der Waals surface area contributed by atoms with E-state index in [-0.39, 0.29) is 6.54 Å². The Balaban J connectivity index is 2.23. The number of esters is 1. The van der Waals surface area contributed by atoms with Gasteiger partial charge in [0.15, 0.2) is 6.10 Å². The van der Waals surface area contributed by atoms with Gasteiger partial charge < -0.3 is 10.5 Å². The monoisotopic (exact) mass is 331 g/mol. The summed E-state index contributed by atoms with van der Waals surface area (Å²) in [4.78, 5) is 46.9. The number of nitrogens with zero attached hydrogens (tertiary/aromatic N) is 2. The van der Waals surface area contributed by atoms with Gasteiger partial charge in [0.1, 0.15) is 6.54 Å². The van der Waals surface area contributed by atoms with Gasteiger partial charge in [-0.25, -0.2) is 9.36 Å². The standard InChI is InChI=1S/C16H17N3O5/c1-11(15(17)22)24-14(21)10-19-13(20)7-8-18(16(19)23)9-12-5-3-2-4-6-12/h2-8,11H,9-10H2,1H3,(H2,17,22)/t11-/m0/s1. The fraction of sp³-hybridized carbons (Fsp3) is 0.250. The molecular formula is C16H17N3O5. The molecular weight excluding hydrogens is 314 g/mol. The van der Waals surface area contributed by atoms with Crippen LogP contribution in [0.5, 0.6) is 0 Å². The summed E-state index contributed by atoms with van der Waals surface area (Å²) >= 11 is 0. The van der Waals surface area contributed by atoms with E-state index in [1.54, 1.807) is 0 Å². The minimum absolute atomic E-state index is 0.257. The summed E-state index contributed by atoms with van der Waals surface area (Å²) < 4.78 is 6.82. The van der Waals surface area contributed by atoms with Crippen molar-refractivity contribution in [2.45, 2.75) is 26.1 Å². The van der Waals surface area contributed by atoms with Crippen molar-refractivity contribution in [2.75, 3.05) is 0 Å². The number of carbonyl (C=O) groups is 2. The molecule has 0 bridgehead atoms. The lowest BCUT2D eigenvalue weighted by Crippen LogP contribution is -2.42. The maximum Gasteiger partial charge on any atom is 0.331 e. The van der Waals surface area contributed by atoms with Crippen LogP contribution in [-0.4, -0.2) is 27.1 Å². The summed E-state index contributed by atoms with van der Waals surface area (Å²) in [5, 5.41) is 0. The third-order valence-corrected chi connectivity index (χ3v) is 3.33. The van der Waals surface area contributed by atoms with Crippen LogP contribution in [0.2, 0.25) is 0 Å². The Hall–Kier alpha value is -3.16. The molecule has 8 heteroatoms. The Morgan fingerprint density at radius 3 is 2.46 bits per heavy atom. The van der Waals surface area contributed by atoms with Crippen molar-refractivity contribution >= 4 is 11.9 Å². The molecule has 2 rings (SSSR count). The predicted octanol–water partition coefficient (Wildman–Crippen LogP) is -0.525. The van der Waals surface area contributed by atoms with E-state index in [1.165, 1.54) is 23.8 Å². The normalized spacial score (nSPS) is 11.7. The first kappa shape index (κ1) is 17.2. The first-order valence-corrected chi connectivity index (χ1v) is 7.21. The quantitative estimate of drug-likeness (QED) is 0.715. The highest BCUT2D eigenvalue weighted by molar-refractivity contribution is 5.81. The van der Waals surface area contributed by atoms with E-state index in [0.717, 1.165) is 10.1 Å². The van der Waals surface area contributed by atoms with Crippen molar-refractivity contribution in [1.82, 2.24) is 9.13 Å². The van der Waals surface area contributed by atoms with Gasteiger partial charge in [-0.2, -0.15) is 0 Å². The van der Waals surface area contributed by atoms with Gasteiger partial charge in [-0.05, 0) is 12.5 Å². The fourth-order valence-electron chi connectivity index (χ4n) is 2.02. The molecule has 24 heavy (non-hydrogen) atoms. The van der Waals surface area contributed by atoms with Crippen LogP contribution in [0.1, 0.15) is 12.5 Å². The van der Waals surface area contributed by atoms with Crippen LogP contribution in [0.4, 0.5) is 0 Å². The SMILES string of the molecule is C[C@H](OC(=O)Cn1c(=O)ccn(Cc2ccccc2)c1=O)C(N)=O. The lowest BCUT2D eigenvalue weighted by molar-refractivity contribution is -0.154. The summed E-state index contributed by atoms with van der Waals surface area (Å²) in [6.45, 7) is 0.972. The molecule has 8 nitrogen and oxygen atoms in total. The minimum Gasteiger partial charge on any atom is -0.451 e. The van der Waals surface area contributed by atoms with Gasteiger partial charge in [0.25, 0.3) is 11.5 Å². The molecule has 0 fully saturated rings. The zero-order valence-electron chi connectivity index (χ0n) is 13.0. The van der Waals surface area contributed by atoms with Crippen LogP contribution in [0.15, 0.2) is 52.2 Å². The van der Waals surface area contributed by atoms with Crippen LogP contribution in [0, 0.1) is 0 Å². The zero-order valence-corrected chi connectivity index (χ0v) is 13.0. The summed E-state index contributed by atoms with van der Waals surface area (Å²) in [5.74, 6) is -1.71. The predicted molar refractivity (Wildman–Crippen MR) is 85.3 cm³/mol. The molecule has 0 saturated heterocycles. The summed E-state index contributed by atoms with van der Waals surface area (Å²) in [5.41, 5.74) is 4.59. The van der Waals surface area contributed by atoms with Crippen molar-refractivity contribution in [1.29, 1.82) is 0 Å². The molecule has 1 atom stereocenters. The highest BCUT2D eigenvalue weighted by atomic mass is 16.5. The van der Waals surface area contributed by atoms with Crippen molar-refractivity contribution in [3.8, 4) is 0 Å². The van der Waals surface area contributed by atoms with Crippen LogP contribution >= 0.6 is 0 Å². The highest BCUT2D eigenvalue weighted by Crippen LogP contribution is 1.99. The number of hydrogen-bond acceptors (Lipinski definition) is 5. The third kappa shape index (κ3) is 4.19. The molecule has 0 spiro atoms. The number of hydrogen-bond donors (Lipinski definition) is 1. The summed E-state index contributed by atoms with van der Waals surface area (Å²) in [6, 6.07) is 10.4. The molecule has 0 radical (unpaired) electrons. The van der Waals surface area contributed by atoms with Crippen LogP contribution in [0.25, 0.3) is 0 Å². The Morgan fingerprint density at radius 1 is 1.17 bits per heavy atom. The maximum atomic E-state index is 12.4. The molecule has 2 aromatic rings. The number of ether oxygens (including phenoxy) is 1. The van der Waals surface area contributed by atoms with E-state index in [0.29, 0.717) is 0 Å². The largest absolute Gasteiger partial charge is 0.451 e. The van der Waals surface area contributed by atoms with Gasteiger partial charge in [0.05, 0.1) is 6.54 Å². The Morgan fingerprint density at radius 2 is 1.83 bits per heavy atom. The van der Waals surface area contributed by atoms with E-state index >= 15 is 0 Å². The lowest BCUT2D eigenvalue weighted by atomic mass is 10.2. The fourth-order valence-corrected chi connectivity index (χ4v) is 2.02. The van der Waals surface area contributed by atoms with E-state index in [2.05, 4.69) is 0 Å². The van der Waals surface area contributed by atoms with Gasteiger partial charge >= 0.3 is 11.7 Å². The Labute approximate surface area is 137 Å². The second-order valence-electron chi connectivity index (χ2n) is 5.17. The lowest BCUT2D eigenvalue weighted by Gasteiger charge is -2.12. The van der Waals surface area contributed by atoms with Crippen molar-refractivity contribution in [3.63, 3.8) is 0 Å². The zero-order chi connectivity index (χ0) is 17.7. The van der Waals surface area contributed by atoms with Crippen molar-refractivity contribution in [2.24, 2.45) is 5.73 Å². The number of primary amides is 1. The van der Waals surface area contributed by atoms with E-state index in [9.17, 15) is 19.2 Å². The molecule has 1 heterocycles. The van der Waals surface area contributed by atoms with Crippen molar-refractivity contribution in [3.05, 3.63) is 69.0 Å². The number of carbonyl (C=O) groups excluding carboxylic acids is 2. The Kier molecular flexibility index (Phi) is 5.31. The van der Waals surface area contributed by atoms with E-state index in [4.69, 9.17) is 10.5 Å². The molecule has 126 valence electrons. The van der Waals surface area contributed by atoms with Gasteiger partial charge in [-0.15, -0.1) is 0 Å². The number of benzene rings is 1. The second kappa shape index (κ2) is 7.40. The molecule has 1 aromatic carbocycles. The third-order valence-electron chi connectivity index (χ3n) is 3.33. The van der Waals surface area contributed by atoms with Crippen LogP contribution in [0.3, 0.4) is 0 Å². The van der Waals surface area contributed by atoms with E-state index in [1.807, 2.05) is 30.3 Å². The van der Waals surface area contributed by atoms with E-state index < -0.39 is 35.8 Å². The first-order chi connectivity index (χ1) is 11.4. The summed E-state index contributed by atoms with van der Waals surface area (Å²) in [6.07, 6.45) is 0.231. The molecule has 1 aromatic heterocycles. The van der Waals surface area contributed by atoms with Crippen molar-refractivity contribution < 1.29 is 14.3 Å². The van der Waals surface area contributed by atoms with Gasteiger partial charge in [-0.1, -0.05) is 30.3 Å². The average Bonchev–Trinajstić information content (AvgIpc) is 2.55. The maximum absolute atomic E-state index is 12.4. The molecule has 1 amide bonds. The number of amides is 1. The number of nitrogens with two attached hydrogens (primary N) is 1. The smallest absolute Gasteiger partial charge is 0.331 e. The summed E-state index contributed by atoms with van der Waals surface area (Å²) in [7, 11) is 0. The highest BCUT2D eigenvalue weighted by Gasteiger charge is 2.17. The average molecular weight is 331 g/mol. The van der Waals surface area contributed by atoms with Gasteiger partial charge in [-0.3, -0.25) is 19.0 Å². The van der Waals surface area contributed by atoms with Gasteiger partial charge in [0.2, 0.25) is 0 Å². The number of aromatic nitrogens is 2. The Bertz CT molecular complexity index is 854. The molecule has 0 aliphatic rings. The van der Waals surface area contributed by atoms with Crippen LogP contribution < -0.4 is 17.0 Å². The molecule has 0 saturated carbocycles. The first-order valence-electron chi connectivity index (χ1n) is 7.21. The number of rotatable bonds is 6. The van der Waals surface area contributed by atoms with Gasteiger partial charge in [0, 0.05) is 12.3 Å². The molecule has 0 aliphatic carbocycles. The molecule has 0 aliphatic heterocycles. The molecule has 2 N–H and O–H groups in total. The topological polar surface area (TPSA) is 113 Å².